The molecule has 0 bridgehead atoms. The maximum Gasteiger partial charge on any atom is 0.337 e. The third-order valence-corrected chi connectivity index (χ3v) is 2.04. The van der Waals surface area contributed by atoms with Crippen molar-refractivity contribution in [1.82, 2.24) is 0 Å². The summed E-state index contributed by atoms with van der Waals surface area (Å²) in [6, 6.07) is 7.07. The van der Waals surface area contributed by atoms with Gasteiger partial charge in [-0.25, -0.2) is 4.79 Å². The molecule has 4 heteroatoms. The molecule has 0 aliphatic rings. The third-order valence-electron chi connectivity index (χ3n) is 1.42. The van der Waals surface area contributed by atoms with Gasteiger partial charge in [-0.2, -0.15) is 0 Å². The van der Waals surface area contributed by atoms with Crippen LogP contribution in [0.5, 0.6) is 0 Å². The molecule has 0 radical (unpaired) electrons. The van der Waals surface area contributed by atoms with Crippen LogP contribution in [0.4, 0.5) is 5.69 Å². The molecule has 0 saturated heterocycles. The van der Waals surface area contributed by atoms with Gasteiger partial charge < -0.3 is 8.27 Å². The van der Waals surface area contributed by atoms with Crippen molar-refractivity contribution in [3.8, 4) is 0 Å². The molecule has 0 aliphatic heterocycles. The van der Waals surface area contributed by atoms with Gasteiger partial charge in [-0.3, -0.25) is 0 Å². The second-order valence-electron chi connectivity index (χ2n) is 2.16. The molecule has 0 amide bonds. The summed E-state index contributed by atoms with van der Waals surface area (Å²) < 4.78 is 7.48. The van der Waals surface area contributed by atoms with Crippen LogP contribution in [0, 0.1) is 0 Å². The molecule has 1 rings (SSSR count). The van der Waals surface area contributed by atoms with E-state index >= 15 is 0 Å². The Labute approximate surface area is 84.6 Å². The van der Waals surface area contributed by atoms with Crippen LogP contribution in [0.25, 0.3) is 0 Å². The first-order valence-electron chi connectivity index (χ1n) is 3.33. The lowest BCUT2D eigenvalue weighted by Crippen LogP contribution is -2.00. The van der Waals surface area contributed by atoms with Crippen molar-refractivity contribution in [2.24, 2.45) is 0 Å². The standard InChI is InChI=1S/C8H8INO2/c1-12-8(11)6-2-4-7(10-9)5-3-6/h2-5,10H,1H3. The van der Waals surface area contributed by atoms with Crippen molar-refractivity contribution in [1.29, 1.82) is 0 Å². The predicted octanol–water partition coefficient (Wildman–Crippen LogP) is 2.24. The molecular formula is C8H8INO2. The van der Waals surface area contributed by atoms with Crippen molar-refractivity contribution < 1.29 is 9.53 Å². The van der Waals surface area contributed by atoms with Crippen molar-refractivity contribution in [2.75, 3.05) is 10.6 Å². The van der Waals surface area contributed by atoms with Crippen LogP contribution in [0.3, 0.4) is 0 Å². The van der Waals surface area contributed by atoms with Crippen LogP contribution in [-0.2, 0) is 4.74 Å². The highest BCUT2D eigenvalue weighted by atomic mass is 127. The van der Waals surface area contributed by atoms with Crippen LogP contribution in [0.15, 0.2) is 24.3 Å². The normalized spacial score (nSPS) is 9.17. The number of rotatable bonds is 2. The molecule has 0 saturated carbocycles. The van der Waals surface area contributed by atoms with E-state index in [0.717, 1.165) is 5.69 Å². The fraction of sp³-hybridized carbons (Fsp3) is 0.125. The molecule has 0 fully saturated rings. The SMILES string of the molecule is COC(=O)c1ccc(NI)cc1. The number of esters is 1. The van der Waals surface area contributed by atoms with E-state index < -0.39 is 0 Å². The molecule has 0 aliphatic carbocycles. The van der Waals surface area contributed by atoms with Crippen LogP contribution >= 0.6 is 22.9 Å². The maximum absolute atomic E-state index is 11.0. The summed E-state index contributed by atoms with van der Waals surface area (Å²) in [5.41, 5.74) is 1.52. The first-order valence-corrected chi connectivity index (χ1v) is 4.41. The fourth-order valence-corrected chi connectivity index (χ4v) is 1.15. The predicted molar refractivity (Wildman–Crippen MR) is 55.4 cm³/mol. The van der Waals surface area contributed by atoms with Gasteiger partial charge in [0.15, 0.2) is 0 Å². The summed E-state index contributed by atoms with van der Waals surface area (Å²) >= 11 is 2.03. The number of nitrogens with one attached hydrogen (secondary N) is 1. The van der Waals surface area contributed by atoms with E-state index in [1.807, 2.05) is 35.0 Å². The summed E-state index contributed by atoms with van der Waals surface area (Å²) in [4.78, 5) is 11.0. The summed E-state index contributed by atoms with van der Waals surface area (Å²) in [6.45, 7) is 0. The Morgan fingerprint density at radius 2 is 2.00 bits per heavy atom. The number of hydrogen-bond donors (Lipinski definition) is 1. The number of halogens is 1. The zero-order chi connectivity index (χ0) is 8.97. The van der Waals surface area contributed by atoms with E-state index in [0.29, 0.717) is 5.56 Å². The van der Waals surface area contributed by atoms with Gasteiger partial charge in [0.25, 0.3) is 0 Å². The van der Waals surface area contributed by atoms with Gasteiger partial charge in [0, 0.05) is 5.69 Å². The molecule has 1 N–H and O–H groups in total. The Hall–Kier alpha value is -0.780. The number of carbonyl (C=O) groups is 1. The van der Waals surface area contributed by atoms with Gasteiger partial charge in [0.2, 0.25) is 0 Å². The zero-order valence-electron chi connectivity index (χ0n) is 6.50. The van der Waals surface area contributed by atoms with Crippen molar-refractivity contribution in [3.63, 3.8) is 0 Å². The smallest absolute Gasteiger partial charge is 0.337 e. The first kappa shape index (κ1) is 9.31. The molecule has 0 spiro atoms. The minimum absolute atomic E-state index is 0.310. The summed E-state index contributed by atoms with van der Waals surface area (Å²) in [5.74, 6) is -0.310. The first-order chi connectivity index (χ1) is 5.77. The van der Waals surface area contributed by atoms with E-state index in [4.69, 9.17) is 0 Å². The van der Waals surface area contributed by atoms with E-state index in [2.05, 4.69) is 8.27 Å². The molecule has 0 atom stereocenters. The van der Waals surface area contributed by atoms with E-state index in [1.165, 1.54) is 7.11 Å². The third kappa shape index (κ3) is 2.10. The second-order valence-corrected chi connectivity index (χ2v) is 2.70. The Kier molecular flexibility index (Phi) is 3.33. The minimum atomic E-state index is -0.310. The average Bonchev–Trinajstić information content (AvgIpc) is 2.17. The maximum atomic E-state index is 11.0. The Morgan fingerprint density at radius 3 is 2.42 bits per heavy atom. The Morgan fingerprint density at radius 1 is 1.42 bits per heavy atom. The largest absolute Gasteiger partial charge is 0.465 e. The molecule has 1 aromatic carbocycles. The summed E-state index contributed by atoms with van der Waals surface area (Å²) in [6.07, 6.45) is 0. The van der Waals surface area contributed by atoms with Gasteiger partial charge in [-0.15, -0.1) is 0 Å². The van der Waals surface area contributed by atoms with Crippen molar-refractivity contribution in [2.45, 2.75) is 0 Å². The zero-order valence-corrected chi connectivity index (χ0v) is 8.66. The molecule has 64 valence electrons. The number of anilines is 1. The number of carbonyl (C=O) groups excluding carboxylic acids is 1. The van der Waals surface area contributed by atoms with E-state index in [-0.39, 0.29) is 5.97 Å². The molecule has 0 heterocycles. The number of ether oxygens (including phenoxy) is 1. The van der Waals surface area contributed by atoms with Gasteiger partial charge in [0.05, 0.1) is 35.5 Å². The Bertz CT molecular complexity index is 271. The van der Waals surface area contributed by atoms with Crippen molar-refractivity contribution >= 4 is 34.5 Å². The minimum Gasteiger partial charge on any atom is -0.465 e. The topological polar surface area (TPSA) is 38.3 Å². The molecule has 12 heavy (non-hydrogen) atoms. The molecular weight excluding hydrogens is 269 g/mol. The highest BCUT2D eigenvalue weighted by molar-refractivity contribution is 14.1. The van der Waals surface area contributed by atoms with Gasteiger partial charge in [0.1, 0.15) is 0 Å². The lowest BCUT2D eigenvalue weighted by atomic mass is 10.2. The molecule has 3 nitrogen and oxygen atoms in total. The highest BCUT2D eigenvalue weighted by Gasteiger charge is 2.02. The Balaban J connectivity index is 2.84. The summed E-state index contributed by atoms with van der Waals surface area (Å²) in [7, 11) is 1.37. The monoisotopic (exact) mass is 277 g/mol. The second kappa shape index (κ2) is 4.30. The van der Waals surface area contributed by atoms with Crippen LogP contribution in [0.1, 0.15) is 10.4 Å². The van der Waals surface area contributed by atoms with Gasteiger partial charge in [-0.1, -0.05) is 0 Å². The van der Waals surface area contributed by atoms with Crippen LogP contribution in [0.2, 0.25) is 0 Å². The molecule has 0 aromatic heterocycles. The number of hydrogen-bond acceptors (Lipinski definition) is 3. The lowest BCUT2D eigenvalue weighted by Gasteiger charge is -2.00. The molecule has 0 unspecified atom stereocenters. The quantitative estimate of drug-likeness (QED) is 0.512. The highest BCUT2D eigenvalue weighted by Crippen LogP contribution is 2.11. The van der Waals surface area contributed by atoms with Crippen LogP contribution in [-0.4, -0.2) is 13.1 Å². The number of methoxy groups -OCH3 is 1. The number of benzene rings is 1. The summed E-state index contributed by atoms with van der Waals surface area (Å²) in [5, 5.41) is 0. The average molecular weight is 277 g/mol. The van der Waals surface area contributed by atoms with E-state index in [1.54, 1.807) is 12.1 Å². The van der Waals surface area contributed by atoms with Gasteiger partial charge >= 0.3 is 5.97 Å². The lowest BCUT2D eigenvalue weighted by molar-refractivity contribution is 0.0601. The molecule has 1 aromatic rings. The van der Waals surface area contributed by atoms with E-state index in [9.17, 15) is 4.79 Å². The fourth-order valence-electron chi connectivity index (χ4n) is 0.787. The van der Waals surface area contributed by atoms with Crippen molar-refractivity contribution in [3.05, 3.63) is 29.8 Å². The van der Waals surface area contributed by atoms with Gasteiger partial charge in [-0.05, 0) is 24.3 Å². The van der Waals surface area contributed by atoms with Crippen LogP contribution < -0.4 is 3.53 Å².